The zero-order valence-electron chi connectivity index (χ0n) is 5.15. The van der Waals surface area contributed by atoms with Gasteiger partial charge in [0, 0.05) is 18.7 Å². The van der Waals surface area contributed by atoms with Crippen LogP contribution in [0.5, 0.6) is 0 Å². The van der Waals surface area contributed by atoms with Crippen molar-refractivity contribution in [3.63, 3.8) is 0 Å². The Morgan fingerprint density at radius 2 is 2.22 bits per heavy atom. The van der Waals surface area contributed by atoms with E-state index in [4.69, 9.17) is 15.8 Å². The third kappa shape index (κ3) is 2.89. The van der Waals surface area contributed by atoms with E-state index >= 15 is 0 Å². The molecule has 4 nitrogen and oxygen atoms in total. The number of allylic oxidation sites excluding steroid dienone is 1. The van der Waals surface area contributed by atoms with E-state index in [0.717, 1.165) is 6.20 Å². The average Bonchev–Trinajstić information content (AvgIpc) is 1.82. The van der Waals surface area contributed by atoms with Crippen molar-refractivity contribution in [2.75, 3.05) is 7.05 Å². The Hall–Kier alpha value is -0.805. The van der Waals surface area contributed by atoms with Gasteiger partial charge >= 0.3 is 7.12 Å². The van der Waals surface area contributed by atoms with E-state index in [1.54, 1.807) is 0 Å². The standard InChI is InChI=1S/C4H9BN2O2/c1-7-3-4(2-6)5(8)9/h2-3,8-9H,6H2,1H3. The Morgan fingerprint density at radius 3 is 2.33 bits per heavy atom. The van der Waals surface area contributed by atoms with Crippen LogP contribution in [0.1, 0.15) is 0 Å². The molecule has 0 radical (unpaired) electrons. The number of hydrogen-bond donors (Lipinski definition) is 3. The monoisotopic (exact) mass is 128 g/mol. The van der Waals surface area contributed by atoms with Crippen molar-refractivity contribution in [3.8, 4) is 0 Å². The Labute approximate surface area is 53.9 Å². The summed E-state index contributed by atoms with van der Waals surface area (Å²) in [5.41, 5.74) is 5.18. The van der Waals surface area contributed by atoms with Crippen molar-refractivity contribution >= 4 is 13.3 Å². The summed E-state index contributed by atoms with van der Waals surface area (Å²) in [6.07, 6.45) is 2.38. The molecule has 0 unspecified atom stereocenters. The normalized spacial score (nSPS) is 12.6. The molecule has 0 atom stereocenters. The molecule has 0 rings (SSSR count). The molecule has 0 saturated heterocycles. The largest absolute Gasteiger partial charge is 0.491 e. The zero-order valence-corrected chi connectivity index (χ0v) is 5.15. The van der Waals surface area contributed by atoms with Gasteiger partial charge in [0.1, 0.15) is 0 Å². The highest BCUT2D eigenvalue weighted by molar-refractivity contribution is 6.56. The maximum absolute atomic E-state index is 8.46. The molecule has 0 aromatic carbocycles. The zero-order chi connectivity index (χ0) is 7.28. The minimum atomic E-state index is -1.53. The first-order valence-electron chi connectivity index (χ1n) is 2.42. The van der Waals surface area contributed by atoms with Crippen molar-refractivity contribution in [1.29, 1.82) is 0 Å². The predicted molar refractivity (Wildman–Crippen MR) is 36.9 cm³/mol. The van der Waals surface area contributed by atoms with Crippen LogP contribution in [0.3, 0.4) is 0 Å². The van der Waals surface area contributed by atoms with E-state index in [9.17, 15) is 0 Å². The van der Waals surface area contributed by atoms with Gasteiger partial charge in [0.2, 0.25) is 0 Å². The molecule has 0 heterocycles. The first-order chi connectivity index (χ1) is 4.22. The maximum atomic E-state index is 8.46. The van der Waals surface area contributed by atoms with Crippen LogP contribution in [0.25, 0.3) is 0 Å². The highest BCUT2D eigenvalue weighted by Gasteiger charge is 2.10. The molecular formula is C4H9BN2O2. The number of nitrogens with two attached hydrogens (primary N) is 1. The first-order valence-corrected chi connectivity index (χ1v) is 2.42. The van der Waals surface area contributed by atoms with Crippen LogP contribution in [0.15, 0.2) is 16.7 Å². The average molecular weight is 128 g/mol. The minimum absolute atomic E-state index is 0.192. The molecule has 0 bridgehead atoms. The van der Waals surface area contributed by atoms with Gasteiger partial charge in [-0.15, -0.1) is 0 Å². The third-order valence-corrected chi connectivity index (χ3v) is 0.769. The molecule has 50 valence electrons. The van der Waals surface area contributed by atoms with Crippen LogP contribution in [0, 0.1) is 0 Å². The molecule has 0 aliphatic heterocycles. The third-order valence-electron chi connectivity index (χ3n) is 0.769. The topological polar surface area (TPSA) is 78.8 Å². The fraction of sp³-hybridized carbons (Fsp3) is 0.250. The smallest absolute Gasteiger partial charge is 0.423 e. The van der Waals surface area contributed by atoms with Crippen LogP contribution >= 0.6 is 0 Å². The van der Waals surface area contributed by atoms with Crippen molar-refractivity contribution in [1.82, 2.24) is 0 Å². The van der Waals surface area contributed by atoms with Crippen LogP contribution < -0.4 is 5.73 Å². The van der Waals surface area contributed by atoms with Crippen LogP contribution in [0.2, 0.25) is 0 Å². The van der Waals surface area contributed by atoms with Gasteiger partial charge in [-0.25, -0.2) is 0 Å². The molecule has 0 aliphatic rings. The number of hydrogen-bond acceptors (Lipinski definition) is 4. The van der Waals surface area contributed by atoms with Crippen LogP contribution in [-0.2, 0) is 0 Å². The lowest BCUT2D eigenvalue weighted by molar-refractivity contribution is 0.422. The van der Waals surface area contributed by atoms with Gasteiger partial charge in [-0.1, -0.05) is 0 Å². The van der Waals surface area contributed by atoms with E-state index in [-0.39, 0.29) is 5.47 Å². The first kappa shape index (κ1) is 8.19. The second-order valence-electron chi connectivity index (χ2n) is 1.43. The van der Waals surface area contributed by atoms with E-state index in [1.807, 2.05) is 0 Å². The second kappa shape index (κ2) is 4.11. The van der Waals surface area contributed by atoms with Gasteiger partial charge in [-0.3, -0.25) is 4.99 Å². The lowest BCUT2D eigenvalue weighted by Gasteiger charge is -1.94. The number of rotatable bonds is 2. The molecule has 5 heteroatoms. The van der Waals surface area contributed by atoms with Gasteiger partial charge < -0.3 is 15.8 Å². The Kier molecular flexibility index (Phi) is 3.74. The molecule has 4 N–H and O–H groups in total. The molecule has 0 saturated carbocycles. The van der Waals surface area contributed by atoms with Gasteiger partial charge in [-0.05, 0) is 6.20 Å². The Morgan fingerprint density at radius 1 is 1.67 bits per heavy atom. The summed E-state index contributed by atoms with van der Waals surface area (Å²) < 4.78 is 0. The highest BCUT2D eigenvalue weighted by Crippen LogP contribution is 1.87. The van der Waals surface area contributed by atoms with Crippen molar-refractivity contribution in [2.45, 2.75) is 0 Å². The summed E-state index contributed by atoms with van der Waals surface area (Å²) >= 11 is 0. The molecule has 0 amide bonds. The molecule has 0 aliphatic carbocycles. The van der Waals surface area contributed by atoms with E-state index < -0.39 is 7.12 Å². The van der Waals surface area contributed by atoms with E-state index in [0.29, 0.717) is 0 Å². The molecule has 0 spiro atoms. The molecular weight excluding hydrogens is 119 g/mol. The second-order valence-corrected chi connectivity index (χ2v) is 1.43. The summed E-state index contributed by atoms with van der Waals surface area (Å²) in [6, 6.07) is 0. The summed E-state index contributed by atoms with van der Waals surface area (Å²) in [5, 5.41) is 16.9. The number of aliphatic imine (C=N–C) groups is 1. The molecule has 0 aromatic heterocycles. The lowest BCUT2D eigenvalue weighted by Crippen LogP contribution is -2.17. The van der Waals surface area contributed by atoms with Crippen molar-refractivity contribution in [3.05, 3.63) is 11.7 Å². The van der Waals surface area contributed by atoms with Gasteiger partial charge in [-0.2, -0.15) is 0 Å². The summed E-state index contributed by atoms with van der Waals surface area (Å²) in [6.45, 7) is 0. The Bertz CT molecular complexity index is 133. The highest BCUT2D eigenvalue weighted by atomic mass is 16.4. The quantitative estimate of drug-likeness (QED) is 0.314. The molecule has 0 aromatic rings. The van der Waals surface area contributed by atoms with Crippen molar-refractivity contribution in [2.24, 2.45) is 10.7 Å². The maximum Gasteiger partial charge on any atom is 0.491 e. The van der Waals surface area contributed by atoms with Crippen molar-refractivity contribution < 1.29 is 10.0 Å². The predicted octanol–water partition coefficient (Wildman–Crippen LogP) is -1.46. The lowest BCUT2D eigenvalue weighted by atomic mass is 9.81. The van der Waals surface area contributed by atoms with E-state index in [2.05, 4.69) is 4.99 Å². The minimum Gasteiger partial charge on any atom is -0.423 e. The molecule has 9 heavy (non-hydrogen) atoms. The van der Waals surface area contributed by atoms with Gasteiger partial charge in [0.25, 0.3) is 0 Å². The number of nitrogens with zero attached hydrogens (tertiary/aromatic N) is 1. The summed E-state index contributed by atoms with van der Waals surface area (Å²) in [4.78, 5) is 3.53. The fourth-order valence-electron chi connectivity index (χ4n) is 0.345. The summed E-state index contributed by atoms with van der Waals surface area (Å²) in [7, 11) is -0.00926. The molecule has 0 fully saturated rings. The van der Waals surface area contributed by atoms with Gasteiger partial charge in [0.15, 0.2) is 0 Å². The van der Waals surface area contributed by atoms with Crippen LogP contribution in [-0.4, -0.2) is 30.4 Å². The van der Waals surface area contributed by atoms with Gasteiger partial charge in [0.05, 0.1) is 0 Å². The Balaban J connectivity index is 4.01. The fourth-order valence-corrected chi connectivity index (χ4v) is 0.345. The van der Waals surface area contributed by atoms with Crippen LogP contribution in [0.4, 0.5) is 0 Å². The van der Waals surface area contributed by atoms with E-state index in [1.165, 1.54) is 13.3 Å². The summed E-state index contributed by atoms with van der Waals surface area (Å²) in [5.74, 6) is 0. The SMILES string of the molecule is CN=CC(=CN)B(O)O.